The van der Waals surface area contributed by atoms with Crippen LogP contribution in [0.4, 0.5) is 5.69 Å². The number of H-pyrrole nitrogens is 1. The second kappa shape index (κ2) is 5.93. The molecule has 0 spiro atoms. The number of fused-ring (bicyclic) bond motifs is 3. The number of nitrogens with one attached hydrogen (secondary N) is 1. The number of rotatable bonds is 5. The van der Waals surface area contributed by atoms with Gasteiger partial charge in [0, 0.05) is 24.1 Å². The minimum atomic E-state index is -0.428. The lowest BCUT2D eigenvalue weighted by molar-refractivity contribution is -0.384. The van der Waals surface area contributed by atoms with Crippen molar-refractivity contribution in [1.82, 2.24) is 29.8 Å². The molecule has 0 aliphatic heterocycles. The molecule has 4 rings (SSSR count). The zero-order valence-electron chi connectivity index (χ0n) is 13.5. The van der Waals surface area contributed by atoms with Crippen LogP contribution in [0, 0.1) is 10.1 Å². The van der Waals surface area contributed by atoms with Gasteiger partial charge in [0.05, 0.1) is 16.5 Å². The number of non-ortho nitro benzene ring substituents is 1. The van der Waals surface area contributed by atoms with E-state index in [4.69, 9.17) is 0 Å². The Morgan fingerprint density at radius 2 is 2.04 bits per heavy atom. The average Bonchev–Trinajstić information content (AvgIpc) is 3.26. The third-order valence-electron chi connectivity index (χ3n) is 4.04. The Kier molecular flexibility index (Phi) is 3.60. The van der Waals surface area contributed by atoms with Crippen LogP contribution in [0.2, 0.25) is 0 Å². The molecule has 0 amide bonds. The van der Waals surface area contributed by atoms with Crippen molar-refractivity contribution in [1.29, 1.82) is 0 Å². The van der Waals surface area contributed by atoms with Crippen LogP contribution in [0.15, 0.2) is 30.5 Å². The van der Waals surface area contributed by atoms with Crippen molar-refractivity contribution in [3.63, 3.8) is 0 Å². The summed E-state index contributed by atoms with van der Waals surface area (Å²) in [5.41, 5.74) is 2.11. The van der Waals surface area contributed by atoms with Gasteiger partial charge in [-0.1, -0.05) is 13.3 Å². The van der Waals surface area contributed by atoms with Gasteiger partial charge >= 0.3 is 0 Å². The molecular formula is C16H15N7O2. The molecule has 3 heterocycles. The number of hydrogen-bond donors (Lipinski definition) is 1. The normalized spacial score (nSPS) is 11.4. The molecule has 9 nitrogen and oxygen atoms in total. The molecule has 0 unspecified atom stereocenters. The number of hydrogen-bond acceptors (Lipinski definition) is 6. The maximum Gasteiger partial charge on any atom is 0.269 e. The van der Waals surface area contributed by atoms with Gasteiger partial charge in [0.25, 0.3) is 5.69 Å². The fourth-order valence-corrected chi connectivity index (χ4v) is 2.72. The molecule has 0 saturated carbocycles. The minimum absolute atomic E-state index is 0.0371. The second-order valence-corrected chi connectivity index (χ2v) is 5.74. The van der Waals surface area contributed by atoms with Crippen molar-refractivity contribution >= 4 is 22.4 Å². The summed E-state index contributed by atoms with van der Waals surface area (Å²) in [6.07, 6.45) is 4.50. The quantitative estimate of drug-likeness (QED) is 0.442. The van der Waals surface area contributed by atoms with Crippen molar-refractivity contribution in [2.75, 3.05) is 0 Å². The third-order valence-corrected chi connectivity index (χ3v) is 4.04. The molecule has 1 aromatic carbocycles. The number of unbranched alkanes of at least 4 members (excludes halogenated alkanes) is 1. The number of benzene rings is 1. The van der Waals surface area contributed by atoms with E-state index in [-0.39, 0.29) is 5.69 Å². The predicted molar refractivity (Wildman–Crippen MR) is 91.1 cm³/mol. The van der Waals surface area contributed by atoms with Gasteiger partial charge in [-0.15, -0.1) is 5.10 Å². The molecule has 4 aromatic rings. The van der Waals surface area contributed by atoms with Gasteiger partial charge in [-0.3, -0.25) is 15.2 Å². The number of nitro groups is 1. The first kappa shape index (κ1) is 15.2. The van der Waals surface area contributed by atoms with Crippen molar-refractivity contribution in [3.05, 3.63) is 46.4 Å². The summed E-state index contributed by atoms with van der Waals surface area (Å²) in [6.45, 7) is 2.12. The summed E-state index contributed by atoms with van der Waals surface area (Å²) in [4.78, 5) is 19.6. The fourth-order valence-electron chi connectivity index (χ4n) is 2.72. The summed E-state index contributed by atoms with van der Waals surface area (Å²) in [5.74, 6) is 1.32. The van der Waals surface area contributed by atoms with Crippen LogP contribution in [0.1, 0.15) is 25.6 Å². The Bertz CT molecular complexity index is 1070. The van der Waals surface area contributed by atoms with Crippen LogP contribution in [0.5, 0.6) is 0 Å². The third kappa shape index (κ3) is 2.59. The first-order valence-corrected chi connectivity index (χ1v) is 8.01. The van der Waals surface area contributed by atoms with Crippen LogP contribution in [0.25, 0.3) is 28.1 Å². The standard InChI is InChI=1S/C16H15N7O2/c1-2-3-4-13-18-15-12(9-17-20-15)16-19-14(21-22(13)16)10-5-7-11(8-6-10)23(24)25/h5-9H,2-4H2,1H3,(H,17,20). The molecule has 0 aliphatic rings. The highest BCUT2D eigenvalue weighted by atomic mass is 16.6. The van der Waals surface area contributed by atoms with E-state index in [1.54, 1.807) is 22.8 Å². The van der Waals surface area contributed by atoms with E-state index in [0.29, 0.717) is 22.7 Å². The van der Waals surface area contributed by atoms with Gasteiger partial charge in [0.1, 0.15) is 5.82 Å². The Hall–Kier alpha value is -3.36. The van der Waals surface area contributed by atoms with E-state index in [2.05, 4.69) is 32.2 Å². The van der Waals surface area contributed by atoms with Crippen molar-refractivity contribution < 1.29 is 4.92 Å². The zero-order valence-corrected chi connectivity index (χ0v) is 13.5. The van der Waals surface area contributed by atoms with Gasteiger partial charge in [-0.2, -0.15) is 9.61 Å². The summed E-state index contributed by atoms with van der Waals surface area (Å²) >= 11 is 0. The molecule has 0 aliphatic carbocycles. The molecule has 0 radical (unpaired) electrons. The summed E-state index contributed by atoms with van der Waals surface area (Å²) in [6, 6.07) is 6.20. The molecule has 126 valence electrons. The predicted octanol–water partition coefficient (Wildman–Crippen LogP) is 2.92. The first-order valence-electron chi connectivity index (χ1n) is 8.01. The summed E-state index contributed by atoms with van der Waals surface area (Å²) < 4.78 is 1.74. The van der Waals surface area contributed by atoms with Gasteiger partial charge in [0.2, 0.25) is 0 Å². The lowest BCUT2D eigenvalue weighted by atomic mass is 10.2. The monoisotopic (exact) mass is 337 g/mol. The van der Waals surface area contributed by atoms with E-state index >= 15 is 0 Å². The molecule has 0 atom stereocenters. The van der Waals surface area contributed by atoms with Crippen LogP contribution in [0.3, 0.4) is 0 Å². The van der Waals surface area contributed by atoms with Crippen LogP contribution in [-0.2, 0) is 6.42 Å². The highest BCUT2D eigenvalue weighted by Crippen LogP contribution is 2.23. The van der Waals surface area contributed by atoms with E-state index in [9.17, 15) is 10.1 Å². The highest BCUT2D eigenvalue weighted by Gasteiger charge is 2.16. The van der Waals surface area contributed by atoms with E-state index in [0.717, 1.165) is 30.5 Å². The molecule has 3 aromatic heterocycles. The molecule has 1 N–H and O–H groups in total. The van der Waals surface area contributed by atoms with Crippen LogP contribution in [-0.4, -0.2) is 34.7 Å². The molecular weight excluding hydrogens is 322 g/mol. The van der Waals surface area contributed by atoms with E-state index < -0.39 is 4.92 Å². The lowest BCUT2D eigenvalue weighted by Crippen LogP contribution is -2.03. The Morgan fingerprint density at radius 1 is 1.24 bits per heavy atom. The van der Waals surface area contributed by atoms with Crippen LogP contribution >= 0.6 is 0 Å². The van der Waals surface area contributed by atoms with Crippen LogP contribution < -0.4 is 0 Å². The van der Waals surface area contributed by atoms with E-state index in [1.807, 2.05) is 0 Å². The summed E-state index contributed by atoms with van der Waals surface area (Å²) in [5, 5.41) is 23.1. The average molecular weight is 337 g/mol. The molecule has 9 heteroatoms. The number of nitro benzene ring substituents is 1. The van der Waals surface area contributed by atoms with Crippen molar-refractivity contribution in [2.45, 2.75) is 26.2 Å². The molecule has 0 bridgehead atoms. The van der Waals surface area contributed by atoms with Gasteiger partial charge < -0.3 is 0 Å². The highest BCUT2D eigenvalue weighted by molar-refractivity contribution is 5.89. The van der Waals surface area contributed by atoms with Crippen molar-refractivity contribution in [3.8, 4) is 11.4 Å². The molecule has 0 saturated heterocycles. The SMILES string of the molecule is CCCCc1nc2[nH]ncc2c2nc(-c3ccc([N+](=O)[O-])cc3)nn12. The van der Waals surface area contributed by atoms with Gasteiger partial charge in [-0.05, 0) is 18.6 Å². The maximum absolute atomic E-state index is 10.8. The fraction of sp³-hybridized carbons (Fsp3) is 0.250. The summed E-state index contributed by atoms with van der Waals surface area (Å²) in [7, 11) is 0. The van der Waals surface area contributed by atoms with Gasteiger partial charge in [-0.25, -0.2) is 9.97 Å². The topological polar surface area (TPSA) is 115 Å². The number of aromatic nitrogens is 6. The first-order chi connectivity index (χ1) is 12.2. The zero-order chi connectivity index (χ0) is 17.4. The van der Waals surface area contributed by atoms with Gasteiger partial charge in [0.15, 0.2) is 17.1 Å². The molecule has 25 heavy (non-hydrogen) atoms. The number of aryl methyl sites for hydroxylation is 1. The Labute approximate surface area is 141 Å². The lowest BCUT2D eigenvalue weighted by Gasteiger charge is -2.02. The Balaban J connectivity index is 1.86. The minimum Gasteiger partial charge on any atom is -0.261 e. The second-order valence-electron chi connectivity index (χ2n) is 5.74. The number of nitrogens with zero attached hydrogens (tertiary/aromatic N) is 6. The smallest absolute Gasteiger partial charge is 0.261 e. The largest absolute Gasteiger partial charge is 0.269 e. The molecule has 0 fully saturated rings. The number of aromatic amines is 1. The van der Waals surface area contributed by atoms with Crippen molar-refractivity contribution in [2.24, 2.45) is 0 Å². The maximum atomic E-state index is 10.8. The Morgan fingerprint density at radius 3 is 2.76 bits per heavy atom. The van der Waals surface area contributed by atoms with E-state index in [1.165, 1.54) is 12.1 Å².